The Morgan fingerprint density at radius 1 is 1.17 bits per heavy atom. The molecule has 5 heteroatoms. The minimum Gasteiger partial charge on any atom is -0.337 e. The quantitative estimate of drug-likeness (QED) is 0.859. The van der Waals surface area contributed by atoms with Crippen molar-refractivity contribution in [1.29, 1.82) is 0 Å². The van der Waals surface area contributed by atoms with Crippen LogP contribution < -0.4 is 10.6 Å². The highest BCUT2D eigenvalue weighted by Gasteiger charge is 2.01. The van der Waals surface area contributed by atoms with Crippen LogP contribution in [0.2, 0.25) is 0 Å². The molecule has 0 aliphatic carbocycles. The zero-order valence-electron chi connectivity index (χ0n) is 9.84. The number of nitrogens with zero attached hydrogens (tertiary/aromatic N) is 2. The van der Waals surface area contributed by atoms with Crippen molar-refractivity contribution in [2.75, 3.05) is 11.9 Å². The molecule has 0 spiro atoms. The van der Waals surface area contributed by atoms with E-state index in [0.717, 1.165) is 6.42 Å². The van der Waals surface area contributed by atoms with E-state index < -0.39 is 0 Å². The minimum atomic E-state index is -0.260. The fourth-order valence-corrected chi connectivity index (χ4v) is 1.49. The standard InChI is InChI=1S/C13H14N4O/c18-13(17-12-7-8-14-10-16-12)15-9-6-11-4-2-1-3-5-11/h1-5,7-8,10H,6,9H2,(H2,14,15,16,17,18). The zero-order chi connectivity index (χ0) is 12.6. The molecule has 0 bridgehead atoms. The third kappa shape index (κ3) is 3.86. The van der Waals surface area contributed by atoms with Crippen LogP contribution in [0.5, 0.6) is 0 Å². The van der Waals surface area contributed by atoms with Gasteiger partial charge in [0.05, 0.1) is 0 Å². The first-order chi connectivity index (χ1) is 8.84. The summed E-state index contributed by atoms with van der Waals surface area (Å²) in [5.74, 6) is 0.488. The summed E-state index contributed by atoms with van der Waals surface area (Å²) >= 11 is 0. The Kier molecular flexibility index (Phi) is 4.24. The van der Waals surface area contributed by atoms with Crippen LogP contribution >= 0.6 is 0 Å². The van der Waals surface area contributed by atoms with Gasteiger partial charge in [-0.05, 0) is 18.1 Å². The van der Waals surface area contributed by atoms with Crippen LogP contribution in [0.1, 0.15) is 5.56 Å². The first-order valence-electron chi connectivity index (χ1n) is 5.69. The third-order valence-electron chi connectivity index (χ3n) is 2.37. The summed E-state index contributed by atoms with van der Waals surface area (Å²) in [7, 11) is 0. The SMILES string of the molecule is O=C(NCCc1ccccc1)Nc1ccncn1. The van der Waals surface area contributed by atoms with Crippen molar-refractivity contribution < 1.29 is 4.79 Å². The lowest BCUT2D eigenvalue weighted by atomic mass is 10.1. The van der Waals surface area contributed by atoms with Gasteiger partial charge in [-0.2, -0.15) is 0 Å². The number of rotatable bonds is 4. The molecule has 18 heavy (non-hydrogen) atoms. The van der Waals surface area contributed by atoms with Crippen molar-refractivity contribution in [2.45, 2.75) is 6.42 Å². The molecule has 0 saturated heterocycles. The molecule has 0 fully saturated rings. The maximum absolute atomic E-state index is 11.5. The third-order valence-corrected chi connectivity index (χ3v) is 2.37. The average molecular weight is 242 g/mol. The molecule has 1 aromatic heterocycles. The topological polar surface area (TPSA) is 66.9 Å². The zero-order valence-corrected chi connectivity index (χ0v) is 9.84. The molecule has 0 atom stereocenters. The second kappa shape index (κ2) is 6.34. The molecule has 0 saturated carbocycles. The molecule has 2 aromatic rings. The summed E-state index contributed by atoms with van der Waals surface area (Å²) in [4.78, 5) is 19.2. The van der Waals surface area contributed by atoms with E-state index in [1.54, 1.807) is 12.3 Å². The number of anilines is 1. The summed E-state index contributed by atoms with van der Waals surface area (Å²) in [6.45, 7) is 0.584. The highest BCUT2D eigenvalue weighted by atomic mass is 16.2. The maximum Gasteiger partial charge on any atom is 0.320 e. The number of carbonyl (C=O) groups excluding carboxylic acids is 1. The van der Waals surface area contributed by atoms with E-state index in [-0.39, 0.29) is 6.03 Å². The fraction of sp³-hybridized carbons (Fsp3) is 0.154. The van der Waals surface area contributed by atoms with Gasteiger partial charge in [-0.15, -0.1) is 0 Å². The highest BCUT2D eigenvalue weighted by molar-refractivity contribution is 5.88. The van der Waals surface area contributed by atoms with Gasteiger partial charge in [-0.1, -0.05) is 30.3 Å². The van der Waals surface area contributed by atoms with Crippen LogP contribution in [0.25, 0.3) is 0 Å². The Morgan fingerprint density at radius 3 is 2.72 bits per heavy atom. The number of hydrogen-bond donors (Lipinski definition) is 2. The predicted octanol–water partition coefficient (Wildman–Crippen LogP) is 1.84. The van der Waals surface area contributed by atoms with Gasteiger partial charge in [0.1, 0.15) is 12.1 Å². The Bertz CT molecular complexity index is 487. The van der Waals surface area contributed by atoms with E-state index in [1.165, 1.54) is 11.9 Å². The van der Waals surface area contributed by atoms with Crippen LogP contribution in [0.3, 0.4) is 0 Å². The van der Waals surface area contributed by atoms with Gasteiger partial charge in [0.15, 0.2) is 0 Å². The van der Waals surface area contributed by atoms with Crippen molar-refractivity contribution in [3.05, 3.63) is 54.5 Å². The van der Waals surface area contributed by atoms with Gasteiger partial charge < -0.3 is 5.32 Å². The molecule has 92 valence electrons. The first-order valence-corrected chi connectivity index (χ1v) is 5.69. The number of carbonyl (C=O) groups is 1. The molecular weight excluding hydrogens is 228 g/mol. The molecular formula is C13H14N4O. The predicted molar refractivity (Wildman–Crippen MR) is 69.2 cm³/mol. The van der Waals surface area contributed by atoms with Gasteiger partial charge in [0.25, 0.3) is 0 Å². The maximum atomic E-state index is 11.5. The summed E-state index contributed by atoms with van der Waals surface area (Å²) in [5.41, 5.74) is 1.19. The molecule has 1 heterocycles. The Hall–Kier alpha value is -2.43. The number of aromatic nitrogens is 2. The number of urea groups is 1. The lowest BCUT2D eigenvalue weighted by molar-refractivity contribution is 0.252. The Balaban J connectivity index is 1.73. The lowest BCUT2D eigenvalue weighted by Crippen LogP contribution is -2.30. The Labute approximate surface area is 105 Å². The fourth-order valence-electron chi connectivity index (χ4n) is 1.49. The van der Waals surface area contributed by atoms with Crippen molar-refractivity contribution in [3.63, 3.8) is 0 Å². The largest absolute Gasteiger partial charge is 0.337 e. The van der Waals surface area contributed by atoms with Crippen molar-refractivity contribution in [1.82, 2.24) is 15.3 Å². The molecule has 0 aliphatic heterocycles. The average Bonchev–Trinajstić information content (AvgIpc) is 2.41. The van der Waals surface area contributed by atoms with Gasteiger partial charge in [-0.25, -0.2) is 14.8 Å². The van der Waals surface area contributed by atoms with Crippen LogP contribution in [0.4, 0.5) is 10.6 Å². The molecule has 1 aromatic carbocycles. The van der Waals surface area contributed by atoms with Gasteiger partial charge in [0.2, 0.25) is 0 Å². The summed E-state index contributed by atoms with van der Waals surface area (Å²) < 4.78 is 0. The summed E-state index contributed by atoms with van der Waals surface area (Å²) in [6, 6.07) is 11.4. The van der Waals surface area contributed by atoms with E-state index in [4.69, 9.17) is 0 Å². The highest BCUT2D eigenvalue weighted by Crippen LogP contribution is 1.99. The number of nitrogens with one attached hydrogen (secondary N) is 2. The number of amides is 2. The summed E-state index contributed by atoms with van der Waals surface area (Å²) in [5, 5.41) is 5.40. The van der Waals surface area contributed by atoms with Crippen molar-refractivity contribution in [2.24, 2.45) is 0 Å². The van der Waals surface area contributed by atoms with Crippen molar-refractivity contribution in [3.8, 4) is 0 Å². The molecule has 0 unspecified atom stereocenters. The first kappa shape index (κ1) is 12.0. The molecule has 2 N–H and O–H groups in total. The van der Waals surface area contributed by atoms with E-state index in [9.17, 15) is 4.79 Å². The normalized spacial score (nSPS) is 9.78. The number of hydrogen-bond acceptors (Lipinski definition) is 3. The minimum absolute atomic E-state index is 0.260. The van der Waals surface area contributed by atoms with E-state index in [0.29, 0.717) is 12.4 Å². The monoisotopic (exact) mass is 242 g/mol. The summed E-state index contributed by atoms with van der Waals surface area (Å²) in [6.07, 6.45) is 3.77. The van der Waals surface area contributed by atoms with E-state index in [2.05, 4.69) is 20.6 Å². The van der Waals surface area contributed by atoms with E-state index in [1.807, 2.05) is 30.3 Å². The molecule has 2 amide bonds. The second-order valence-electron chi connectivity index (χ2n) is 3.71. The molecule has 2 rings (SSSR count). The molecule has 5 nitrogen and oxygen atoms in total. The van der Waals surface area contributed by atoms with Crippen LogP contribution in [-0.2, 0) is 6.42 Å². The van der Waals surface area contributed by atoms with Crippen LogP contribution in [0, 0.1) is 0 Å². The second-order valence-corrected chi connectivity index (χ2v) is 3.71. The van der Waals surface area contributed by atoms with Gasteiger partial charge >= 0.3 is 6.03 Å². The van der Waals surface area contributed by atoms with Crippen LogP contribution in [0.15, 0.2) is 48.9 Å². The van der Waals surface area contributed by atoms with Gasteiger partial charge in [0, 0.05) is 12.7 Å². The number of benzene rings is 1. The Morgan fingerprint density at radius 2 is 2.00 bits per heavy atom. The van der Waals surface area contributed by atoms with Gasteiger partial charge in [-0.3, -0.25) is 5.32 Å². The smallest absolute Gasteiger partial charge is 0.320 e. The van der Waals surface area contributed by atoms with Crippen LogP contribution in [-0.4, -0.2) is 22.5 Å². The lowest BCUT2D eigenvalue weighted by Gasteiger charge is -2.06. The molecule has 0 radical (unpaired) electrons. The van der Waals surface area contributed by atoms with Crippen molar-refractivity contribution >= 4 is 11.8 Å². The molecule has 0 aliphatic rings. The van der Waals surface area contributed by atoms with E-state index >= 15 is 0 Å².